The Balaban J connectivity index is 2.91. The number of ether oxygens (including phenoxy) is 1. The number of para-hydroxylation sites is 1. The fraction of sp³-hybridized carbons (Fsp3) is 0.300. The predicted molar refractivity (Wildman–Crippen MR) is 53.5 cm³/mol. The van der Waals surface area contributed by atoms with Gasteiger partial charge in [0.15, 0.2) is 0 Å². The van der Waals surface area contributed by atoms with E-state index in [9.17, 15) is 14.9 Å². The monoisotopic (exact) mass is 209 g/mol. The summed E-state index contributed by atoms with van der Waals surface area (Å²) in [6.45, 7) is 2.26. The molecule has 0 aliphatic heterocycles. The third-order valence-corrected chi connectivity index (χ3v) is 2.08. The molecule has 1 rings (SSSR count). The molecule has 0 saturated heterocycles. The van der Waals surface area contributed by atoms with E-state index in [4.69, 9.17) is 0 Å². The SMILES string of the molecule is CC(COC=O)c1ccccc1[N+](=O)[O-]. The standard InChI is InChI=1S/C10H11NO4/c1-8(6-15-7-12)9-4-2-3-5-10(9)11(13)14/h2-5,7-8H,6H2,1H3. The molecule has 0 aliphatic carbocycles. The van der Waals surface area contributed by atoms with Gasteiger partial charge in [0, 0.05) is 17.5 Å². The molecule has 0 saturated carbocycles. The van der Waals surface area contributed by atoms with Crippen LogP contribution in [-0.4, -0.2) is 18.0 Å². The second-order valence-corrected chi connectivity index (χ2v) is 3.15. The Labute approximate surface area is 86.8 Å². The second-order valence-electron chi connectivity index (χ2n) is 3.15. The fourth-order valence-corrected chi connectivity index (χ4v) is 1.34. The van der Waals surface area contributed by atoms with Crippen LogP contribution in [0.2, 0.25) is 0 Å². The van der Waals surface area contributed by atoms with Crippen LogP contribution in [0.4, 0.5) is 5.69 Å². The zero-order valence-corrected chi connectivity index (χ0v) is 8.25. The molecule has 1 atom stereocenters. The summed E-state index contributed by atoms with van der Waals surface area (Å²) in [6.07, 6.45) is 0. The Bertz CT molecular complexity index is 364. The van der Waals surface area contributed by atoms with E-state index in [1.807, 2.05) is 0 Å². The first-order valence-corrected chi connectivity index (χ1v) is 4.45. The number of nitro benzene ring substituents is 1. The van der Waals surface area contributed by atoms with Crippen molar-refractivity contribution in [1.29, 1.82) is 0 Å². The van der Waals surface area contributed by atoms with E-state index in [2.05, 4.69) is 4.74 Å². The van der Waals surface area contributed by atoms with Crippen LogP contribution in [0.1, 0.15) is 18.4 Å². The fourth-order valence-electron chi connectivity index (χ4n) is 1.34. The maximum Gasteiger partial charge on any atom is 0.293 e. The lowest BCUT2D eigenvalue weighted by molar-refractivity contribution is -0.385. The zero-order chi connectivity index (χ0) is 11.3. The molecule has 1 aromatic carbocycles. The van der Waals surface area contributed by atoms with Gasteiger partial charge in [0.2, 0.25) is 0 Å². The van der Waals surface area contributed by atoms with Crippen molar-refractivity contribution in [1.82, 2.24) is 0 Å². The van der Waals surface area contributed by atoms with Crippen molar-refractivity contribution >= 4 is 12.2 Å². The van der Waals surface area contributed by atoms with Gasteiger partial charge in [-0.1, -0.05) is 25.1 Å². The van der Waals surface area contributed by atoms with Crippen LogP contribution in [0.3, 0.4) is 0 Å². The predicted octanol–water partition coefficient (Wildman–Crippen LogP) is 1.87. The molecule has 0 bridgehead atoms. The minimum atomic E-state index is -0.438. The topological polar surface area (TPSA) is 69.4 Å². The normalized spacial score (nSPS) is 11.8. The Morgan fingerprint density at radius 3 is 2.80 bits per heavy atom. The van der Waals surface area contributed by atoms with E-state index < -0.39 is 4.92 Å². The summed E-state index contributed by atoms with van der Waals surface area (Å²) in [4.78, 5) is 20.3. The van der Waals surface area contributed by atoms with Gasteiger partial charge in [0.05, 0.1) is 11.5 Å². The van der Waals surface area contributed by atoms with Crippen LogP contribution in [0.5, 0.6) is 0 Å². The lowest BCUT2D eigenvalue weighted by Gasteiger charge is -2.10. The minimum Gasteiger partial charge on any atom is -0.467 e. The highest BCUT2D eigenvalue weighted by Gasteiger charge is 2.18. The van der Waals surface area contributed by atoms with Gasteiger partial charge in [0.1, 0.15) is 0 Å². The molecule has 0 N–H and O–H groups in total. The number of hydrogen-bond acceptors (Lipinski definition) is 4. The van der Waals surface area contributed by atoms with Crippen molar-refractivity contribution in [3.8, 4) is 0 Å². The molecule has 0 amide bonds. The number of rotatable bonds is 5. The molecule has 5 nitrogen and oxygen atoms in total. The minimum absolute atomic E-state index is 0.0551. The van der Waals surface area contributed by atoms with Gasteiger partial charge in [-0.05, 0) is 0 Å². The molecule has 5 heteroatoms. The lowest BCUT2D eigenvalue weighted by Crippen LogP contribution is -2.06. The molecule has 80 valence electrons. The molecular formula is C10H11NO4. The average molecular weight is 209 g/mol. The van der Waals surface area contributed by atoms with Crippen molar-refractivity contribution in [2.75, 3.05) is 6.61 Å². The molecule has 0 spiro atoms. The highest BCUT2D eigenvalue weighted by atomic mass is 16.6. The van der Waals surface area contributed by atoms with Crippen LogP contribution >= 0.6 is 0 Å². The largest absolute Gasteiger partial charge is 0.467 e. The quantitative estimate of drug-likeness (QED) is 0.421. The molecule has 0 fully saturated rings. The third kappa shape index (κ3) is 2.77. The molecule has 0 radical (unpaired) electrons. The highest BCUT2D eigenvalue weighted by Crippen LogP contribution is 2.25. The van der Waals surface area contributed by atoms with Crippen LogP contribution < -0.4 is 0 Å². The van der Waals surface area contributed by atoms with Crippen LogP contribution in [0, 0.1) is 10.1 Å². The molecule has 1 unspecified atom stereocenters. The van der Waals surface area contributed by atoms with Crippen molar-refractivity contribution in [3.63, 3.8) is 0 Å². The first kappa shape index (κ1) is 11.2. The Morgan fingerprint density at radius 2 is 2.20 bits per heavy atom. The first-order chi connectivity index (χ1) is 7.16. The summed E-state index contributed by atoms with van der Waals surface area (Å²) in [5.74, 6) is -0.184. The number of nitrogens with zero attached hydrogens (tertiary/aromatic N) is 1. The lowest BCUT2D eigenvalue weighted by atomic mass is 10.0. The number of benzene rings is 1. The summed E-state index contributed by atoms with van der Waals surface area (Å²) in [7, 11) is 0. The van der Waals surface area contributed by atoms with Crippen molar-refractivity contribution in [3.05, 3.63) is 39.9 Å². The second kappa shape index (κ2) is 5.09. The summed E-state index contributed by atoms with van der Waals surface area (Å²) in [6, 6.07) is 6.43. The maximum absolute atomic E-state index is 10.7. The Hall–Kier alpha value is -1.91. The van der Waals surface area contributed by atoms with Gasteiger partial charge >= 0.3 is 0 Å². The molecule has 15 heavy (non-hydrogen) atoms. The number of carbonyl (C=O) groups excluding carboxylic acids is 1. The Morgan fingerprint density at radius 1 is 1.53 bits per heavy atom. The van der Waals surface area contributed by atoms with Crippen molar-refractivity contribution < 1.29 is 14.5 Å². The van der Waals surface area contributed by atoms with Gasteiger partial charge < -0.3 is 4.74 Å². The smallest absolute Gasteiger partial charge is 0.293 e. The van der Waals surface area contributed by atoms with E-state index in [0.29, 0.717) is 12.0 Å². The van der Waals surface area contributed by atoms with E-state index in [1.54, 1.807) is 25.1 Å². The summed E-state index contributed by atoms with van der Waals surface area (Å²) >= 11 is 0. The van der Waals surface area contributed by atoms with Gasteiger partial charge in [-0.2, -0.15) is 0 Å². The summed E-state index contributed by atoms with van der Waals surface area (Å²) < 4.78 is 4.58. The van der Waals surface area contributed by atoms with Gasteiger partial charge in [0.25, 0.3) is 12.2 Å². The Kier molecular flexibility index (Phi) is 3.79. The van der Waals surface area contributed by atoms with E-state index >= 15 is 0 Å². The average Bonchev–Trinajstić information content (AvgIpc) is 2.25. The van der Waals surface area contributed by atoms with E-state index in [1.165, 1.54) is 6.07 Å². The van der Waals surface area contributed by atoms with E-state index in [0.717, 1.165) is 0 Å². The maximum atomic E-state index is 10.7. The third-order valence-electron chi connectivity index (χ3n) is 2.08. The van der Waals surface area contributed by atoms with Crippen molar-refractivity contribution in [2.45, 2.75) is 12.8 Å². The van der Waals surface area contributed by atoms with Gasteiger partial charge in [-0.25, -0.2) is 0 Å². The summed E-state index contributed by atoms with van der Waals surface area (Å²) in [5.41, 5.74) is 0.629. The number of nitro groups is 1. The molecular weight excluding hydrogens is 198 g/mol. The van der Waals surface area contributed by atoms with Crippen LogP contribution in [-0.2, 0) is 9.53 Å². The number of carbonyl (C=O) groups is 1. The molecule has 1 aromatic rings. The van der Waals surface area contributed by atoms with Gasteiger partial charge in [-0.3, -0.25) is 14.9 Å². The molecule has 0 heterocycles. The van der Waals surface area contributed by atoms with Crippen molar-refractivity contribution in [2.24, 2.45) is 0 Å². The zero-order valence-electron chi connectivity index (χ0n) is 8.25. The molecule has 0 aliphatic rings. The number of hydrogen-bond donors (Lipinski definition) is 0. The van der Waals surface area contributed by atoms with E-state index in [-0.39, 0.29) is 18.2 Å². The van der Waals surface area contributed by atoms with Crippen LogP contribution in [0.15, 0.2) is 24.3 Å². The first-order valence-electron chi connectivity index (χ1n) is 4.45. The van der Waals surface area contributed by atoms with Crippen LogP contribution in [0.25, 0.3) is 0 Å². The van der Waals surface area contributed by atoms with Gasteiger partial charge in [-0.15, -0.1) is 0 Å². The highest BCUT2D eigenvalue weighted by molar-refractivity contribution is 5.43. The summed E-state index contributed by atoms with van der Waals surface area (Å²) in [5, 5.41) is 10.7. The molecule has 0 aromatic heterocycles.